The highest BCUT2D eigenvalue weighted by molar-refractivity contribution is 9.10. The van der Waals surface area contributed by atoms with Crippen LogP contribution in [0.2, 0.25) is 0 Å². The van der Waals surface area contributed by atoms with E-state index in [0.29, 0.717) is 17.8 Å². The zero-order chi connectivity index (χ0) is 20.5. The molecule has 1 atom stereocenters. The van der Waals surface area contributed by atoms with Crippen LogP contribution in [0.5, 0.6) is 0 Å². The number of ketones is 1. The molecule has 2 aliphatic rings. The number of halogens is 1. The van der Waals surface area contributed by atoms with Gasteiger partial charge in [0.2, 0.25) is 0 Å². The van der Waals surface area contributed by atoms with Crippen LogP contribution < -0.4 is 10.6 Å². The van der Waals surface area contributed by atoms with E-state index in [1.54, 1.807) is 23.1 Å². The molecule has 0 saturated heterocycles. The van der Waals surface area contributed by atoms with Crippen molar-refractivity contribution in [2.24, 2.45) is 5.73 Å². The van der Waals surface area contributed by atoms with E-state index in [-0.39, 0.29) is 11.7 Å². The molecule has 1 unspecified atom stereocenters. The second kappa shape index (κ2) is 8.39. The van der Waals surface area contributed by atoms with Crippen LogP contribution in [-0.4, -0.2) is 11.5 Å². The summed E-state index contributed by atoms with van der Waals surface area (Å²) in [5.41, 5.74) is 10.6. The van der Waals surface area contributed by atoms with Crippen LogP contribution in [0.15, 0.2) is 67.1 Å². The summed E-state index contributed by atoms with van der Waals surface area (Å²) in [4.78, 5) is 15.0. The molecule has 2 heterocycles. The topological polar surface area (TPSA) is 70.1 Å². The van der Waals surface area contributed by atoms with E-state index in [2.05, 4.69) is 28.9 Å². The van der Waals surface area contributed by atoms with Crippen molar-refractivity contribution in [1.82, 2.24) is 0 Å². The number of nitriles is 1. The zero-order valence-corrected chi connectivity index (χ0v) is 19.2. The summed E-state index contributed by atoms with van der Waals surface area (Å²) in [7, 11) is 0. The summed E-state index contributed by atoms with van der Waals surface area (Å²) in [6.07, 6.45) is 2.09. The number of carbonyl (C=O) groups is 1. The molecule has 0 fully saturated rings. The van der Waals surface area contributed by atoms with Gasteiger partial charge in [-0.25, -0.2) is 0 Å². The lowest BCUT2D eigenvalue weighted by molar-refractivity contribution is -0.116. The van der Waals surface area contributed by atoms with Crippen molar-refractivity contribution in [3.05, 3.63) is 68.4 Å². The molecule has 1 aliphatic heterocycles. The number of Topliss-reactive ketones (excluding diaryl/α,β-unsaturated/α-hetero) is 1. The Morgan fingerprint density at radius 1 is 1.31 bits per heavy atom. The molecular weight excluding hydrogens is 466 g/mol. The molecule has 0 saturated carbocycles. The predicted molar refractivity (Wildman–Crippen MR) is 123 cm³/mol. The van der Waals surface area contributed by atoms with Gasteiger partial charge < -0.3 is 5.73 Å². The number of anilines is 1. The lowest BCUT2D eigenvalue weighted by atomic mass is 9.76. The van der Waals surface area contributed by atoms with Crippen LogP contribution in [0.1, 0.15) is 37.7 Å². The first-order valence-electron chi connectivity index (χ1n) is 9.48. The molecule has 1 aromatic heterocycles. The van der Waals surface area contributed by atoms with Gasteiger partial charge in [0, 0.05) is 27.9 Å². The number of nitrogens with zero attached hydrogens (tertiary/aromatic N) is 2. The van der Waals surface area contributed by atoms with Gasteiger partial charge in [0.1, 0.15) is 5.82 Å². The molecule has 0 bridgehead atoms. The fraction of sp³-hybridized carbons (Fsp3) is 0.273. The van der Waals surface area contributed by atoms with Gasteiger partial charge in [-0.1, -0.05) is 22.9 Å². The van der Waals surface area contributed by atoms with Crippen LogP contribution >= 0.6 is 39.0 Å². The Hall–Kier alpha value is -2.01. The number of hydrogen-bond acceptors (Lipinski definition) is 6. The third-order valence-electron chi connectivity index (χ3n) is 5.24. The number of carbonyl (C=O) groups excluding carboxylic acids is 1. The summed E-state index contributed by atoms with van der Waals surface area (Å²) < 4.78 is 2.12. The average molecular weight is 486 g/mol. The number of hydrogen-bond donors (Lipinski definition) is 1. The molecule has 7 heteroatoms. The number of allylic oxidation sites excluding steroid dienone is 3. The summed E-state index contributed by atoms with van der Waals surface area (Å²) in [5, 5.41) is 12.1. The van der Waals surface area contributed by atoms with Crippen LogP contribution in [0, 0.1) is 11.3 Å². The van der Waals surface area contributed by atoms with Crippen LogP contribution in [-0.2, 0) is 4.79 Å². The first kappa shape index (κ1) is 20.3. The number of thiophene rings is 1. The highest BCUT2D eigenvalue weighted by Crippen LogP contribution is 2.49. The molecule has 29 heavy (non-hydrogen) atoms. The number of thioether (sulfide) groups is 1. The van der Waals surface area contributed by atoms with Crippen LogP contribution in [0.25, 0.3) is 0 Å². The van der Waals surface area contributed by atoms with E-state index >= 15 is 0 Å². The van der Waals surface area contributed by atoms with Gasteiger partial charge in [-0.15, -0.1) is 23.1 Å². The maximum Gasteiger partial charge on any atom is 0.161 e. The molecular formula is C22H20BrN3OS2. The molecule has 0 radical (unpaired) electrons. The fourth-order valence-corrected chi connectivity index (χ4v) is 6.38. The monoisotopic (exact) mass is 485 g/mol. The Morgan fingerprint density at radius 2 is 2.07 bits per heavy atom. The second-order valence-electron chi connectivity index (χ2n) is 6.89. The third-order valence-corrected chi connectivity index (χ3v) is 7.92. The Bertz CT molecular complexity index is 1060. The molecule has 1 aromatic carbocycles. The summed E-state index contributed by atoms with van der Waals surface area (Å²) in [5.74, 6) is 1.10. The highest BCUT2D eigenvalue weighted by Gasteiger charge is 2.41. The minimum atomic E-state index is -0.380. The highest BCUT2D eigenvalue weighted by atomic mass is 79.9. The molecule has 2 N–H and O–H groups in total. The standard InChI is InChI=1S/C22H20BrN3OS2/c1-2-28-22-15(10-11-29-22)19-16(12-24)21(25)26(14-8-6-13(23)7-9-14)17-4-3-5-18(27)20(17)19/h6-11,19H,2-5,25H2,1H3. The number of benzene rings is 1. The smallest absolute Gasteiger partial charge is 0.161 e. The van der Waals surface area contributed by atoms with Gasteiger partial charge in [0.25, 0.3) is 0 Å². The lowest BCUT2D eigenvalue weighted by Crippen LogP contribution is -2.38. The molecule has 4 rings (SSSR count). The number of nitrogens with two attached hydrogens (primary N) is 1. The molecule has 148 valence electrons. The quantitative estimate of drug-likeness (QED) is 0.543. The first-order valence-corrected chi connectivity index (χ1v) is 12.1. The SMILES string of the molecule is CCSc1sccc1C1C(C#N)=C(N)N(c2ccc(Br)cc2)C2=C1C(=O)CCC2. The van der Waals surface area contributed by atoms with Gasteiger partial charge >= 0.3 is 0 Å². The molecule has 2 aromatic rings. The fourth-order valence-electron chi connectivity index (χ4n) is 4.05. The lowest BCUT2D eigenvalue weighted by Gasteiger charge is -2.39. The van der Waals surface area contributed by atoms with Crippen molar-refractivity contribution in [2.45, 2.75) is 36.3 Å². The van der Waals surface area contributed by atoms with E-state index in [4.69, 9.17) is 5.73 Å². The molecule has 0 spiro atoms. The van der Waals surface area contributed by atoms with Crippen LogP contribution in [0.4, 0.5) is 5.69 Å². The zero-order valence-electron chi connectivity index (χ0n) is 15.9. The second-order valence-corrected chi connectivity index (χ2v) is 10.3. The van der Waals surface area contributed by atoms with E-state index < -0.39 is 0 Å². The van der Waals surface area contributed by atoms with Gasteiger partial charge in [0.15, 0.2) is 5.78 Å². The summed E-state index contributed by atoms with van der Waals surface area (Å²) >= 11 is 6.87. The van der Waals surface area contributed by atoms with E-state index in [0.717, 1.165) is 49.8 Å². The van der Waals surface area contributed by atoms with Gasteiger partial charge in [0.05, 0.1) is 21.8 Å². The largest absolute Gasteiger partial charge is 0.384 e. The van der Waals surface area contributed by atoms with E-state index in [9.17, 15) is 10.1 Å². The van der Waals surface area contributed by atoms with Crippen molar-refractivity contribution in [1.29, 1.82) is 5.26 Å². The molecule has 4 nitrogen and oxygen atoms in total. The van der Waals surface area contributed by atoms with Crippen molar-refractivity contribution < 1.29 is 4.79 Å². The van der Waals surface area contributed by atoms with Gasteiger partial charge in [-0.05, 0) is 59.9 Å². The van der Waals surface area contributed by atoms with Crippen molar-refractivity contribution >= 4 is 50.5 Å². The molecule has 0 amide bonds. The summed E-state index contributed by atoms with van der Waals surface area (Å²) in [6.45, 7) is 2.11. The summed E-state index contributed by atoms with van der Waals surface area (Å²) in [6, 6.07) is 12.2. The third kappa shape index (κ3) is 3.54. The van der Waals surface area contributed by atoms with E-state index in [1.165, 1.54) is 0 Å². The van der Waals surface area contributed by atoms with Crippen molar-refractivity contribution in [3.8, 4) is 6.07 Å². The Labute approximate surface area is 187 Å². The van der Waals surface area contributed by atoms with Gasteiger partial charge in [-0.2, -0.15) is 5.26 Å². The normalized spacial score (nSPS) is 19.4. The van der Waals surface area contributed by atoms with E-state index in [1.807, 2.05) is 40.6 Å². The van der Waals surface area contributed by atoms with Crippen molar-refractivity contribution in [3.63, 3.8) is 0 Å². The Kier molecular flexibility index (Phi) is 5.86. The Morgan fingerprint density at radius 3 is 2.76 bits per heavy atom. The minimum Gasteiger partial charge on any atom is -0.384 e. The molecule has 1 aliphatic carbocycles. The van der Waals surface area contributed by atoms with Crippen LogP contribution in [0.3, 0.4) is 0 Å². The first-order chi connectivity index (χ1) is 14.1. The minimum absolute atomic E-state index is 0.122. The average Bonchev–Trinajstić information content (AvgIpc) is 3.16. The maximum atomic E-state index is 13.1. The van der Waals surface area contributed by atoms with Crippen molar-refractivity contribution in [2.75, 3.05) is 10.7 Å². The number of rotatable bonds is 4. The van der Waals surface area contributed by atoms with Gasteiger partial charge in [-0.3, -0.25) is 9.69 Å². The predicted octanol–water partition coefficient (Wildman–Crippen LogP) is 5.93. The maximum absolute atomic E-state index is 13.1. The Balaban J connectivity index is 1.94.